The van der Waals surface area contributed by atoms with Crippen LogP contribution in [0.25, 0.3) is 0 Å². The van der Waals surface area contributed by atoms with Crippen molar-refractivity contribution in [3.05, 3.63) is 53.3 Å². The summed E-state index contributed by atoms with van der Waals surface area (Å²) in [5.74, 6) is -0.410. The monoisotopic (exact) mass is 366 g/mol. The number of methoxy groups -OCH3 is 1. The largest absolute Gasteiger partial charge is 0.482 e. The molecule has 2 fully saturated rings. The molecule has 1 aromatic carbocycles. The highest BCUT2D eigenvalue weighted by Gasteiger charge is 2.63. The van der Waals surface area contributed by atoms with Crippen molar-refractivity contribution in [2.45, 2.75) is 37.5 Å². The molecule has 4 aliphatic heterocycles. The van der Waals surface area contributed by atoms with E-state index in [0.29, 0.717) is 12.0 Å². The van der Waals surface area contributed by atoms with Gasteiger partial charge >= 0.3 is 5.97 Å². The predicted molar refractivity (Wildman–Crippen MR) is 98.7 cm³/mol. The second-order valence-corrected chi connectivity index (χ2v) is 7.59. The average Bonchev–Trinajstić information content (AvgIpc) is 3.22. The van der Waals surface area contributed by atoms with E-state index in [1.165, 1.54) is 7.11 Å². The van der Waals surface area contributed by atoms with Crippen molar-refractivity contribution in [3.63, 3.8) is 0 Å². The molecule has 0 aliphatic carbocycles. The van der Waals surface area contributed by atoms with E-state index in [1.807, 2.05) is 31.2 Å². The standard InChI is InChI=1S/C21H22N2O4/c1-3-12-13-10-17(27-11-14(13)19(24)26-2)23-9-8-21(18(12)23)15-6-4-5-7-16(15)22-20(21)25/h3-7,11,13,17-18H,8-10H2,1-2H3,(H,22,25)/b12-3+/t13-,17+,18-,21+/m0/s1. The molecule has 0 aromatic heterocycles. The summed E-state index contributed by atoms with van der Waals surface area (Å²) in [5, 5.41) is 3.08. The molecule has 0 unspecified atom stereocenters. The topological polar surface area (TPSA) is 67.9 Å². The van der Waals surface area contributed by atoms with Crippen LogP contribution in [0.5, 0.6) is 0 Å². The first-order chi connectivity index (χ1) is 13.1. The number of ether oxygens (including phenoxy) is 2. The van der Waals surface area contributed by atoms with Crippen molar-refractivity contribution in [2.24, 2.45) is 5.92 Å². The Morgan fingerprint density at radius 3 is 3.00 bits per heavy atom. The fourth-order valence-corrected chi connectivity index (χ4v) is 5.50. The third-order valence-electron chi connectivity index (χ3n) is 6.63. The number of para-hydroxylation sites is 1. The quantitative estimate of drug-likeness (QED) is 0.610. The van der Waals surface area contributed by atoms with Crippen LogP contribution in [0.3, 0.4) is 0 Å². The first-order valence-electron chi connectivity index (χ1n) is 9.38. The number of allylic oxidation sites excluding steroid dienone is 1. The van der Waals surface area contributed by atoms with Gasteiger partial charge in [-0.25, -0.2) is 4.79 Å². The molecule has 5 rings (SSSR count). The fourth-order valence-electron chi connectivity index (χ4n) is 5.50. The number of esters is 1. The molecule has 1 amide bonds. The number of rotatable bonds is 1. The van der Waals surface area contributed by atoms with Gasteiger partial charge < -0.3 is 14.8 Å². The van der Waals surface area contributed by atoms with Gasteiger partial charge in [0.25, 0.3) is 0 Å². The maximum absolute atomic E-state index is 13.3. The van der Waals surface area contributed by atoms with Crippen LogP contribution in [0.1, 0.15) is 25.3 Å². The lowest BCUT2D eigenvalue weighted by molar-refractivity contribution is -0.139. The Labute approximate surface area is 157 Å². The number of benzene rings is 1. The van der Waals surface area contributed by atoms with Crippen molar-refractivity contribution in [1.29, 1.82) is 0 Å². The second-order valence-electron chi connectivity index (χ2n) is 7.59. The number of nitrogens with zero attached hydrogens (tertiary/aromatic N) is 1. The second kappa shape index (κ2) is 5.70. The SMILES string of the molecule is C/C=C1\[C@@H]2C[C@@H](OC=C2C(=O)OC)N2CC[C@]3(C(=O)Nc4ccccc43)[C@H]12. The van der Waals surface area contributed by atoms with Crippen molar-refractivity contribution < 1.29 is 19.1 Å². The van der Waals surface area contributed by atoms with E-state index < -0.39 is 5.41 Å². The van der Waals surface area contributed by atoms with Crippen LogP contribution in [-0.2, 0) is 24.5 Å². The summed E-state index contributed by atoms with van der Waals surface area (Å²) in [4.78, 5) is 27.8. The zero-order valence-electron chi connectivity index (χ0n) is 15.4. The van der Waals surface area contributed by atoms with Crippen molar-refractivity contribution in [3.8, 4) is 0 Å². The number of amides is 1. The molecule has 0 saturated carbocycles. The third-order valence-corrected chi connectivity index (χ3v) is 6.63. The minimum atomic E-state index is -0.642. The zero-order valence-corrected chi connectivity index (χ0v) is 15.4. The van der Waals surface area contributed by atoms with E-state index in [-0.39, 0.29) is 30.1 Å². The molecule has 1 aromatic rings. The van der Waals surface area contributed by atoms with E-state index in [0.717, 1.165) is 29.8 Å². The summed E-state index contributed by atoms with van der Waals surface area (Å²) in [5.41, 5.74) is 2.94. The van der Waals surface area contributed by atoms with Gasteiger partial charge in [0.15, 0.2) is 6.23 Å². The summed E-state index contributed by atoms with van der Waals surface area (Å²) < 4.78 is 10.9. The number of anilines is 1. The minimum Gasteiger partial charge on any atom is -0.482 e. The Balaban J connectivity index is 1.66. The number of fused-ring (bicyclic) bond motifs is 7. The summed E-state index contributed by atoms with van der Waals surface area (Å²) >= 11 is 0. The Morgan fingerprint density at radius 1 is 1.41 bits per heavy atom. The molecule has 2 bridgehead atoms. The fraction of sp³-hybridized carbons (Fsp3) is 0.429. The molecular weight excluding hydrogens is 344 g/mol. The molecule has 4 heterocycles. The lowest BCUT2D eigenvalue weighted by atomic mass is 9.67. The number of hydrogen-bond donors (Lipinski definition) is 1. The molecule has 140 valence electrons. The van der Waals surface area contributed by atoms with Gasteiger partial charge in [0.1, 0.15) is 0 Å². The van der Waals surface area contributed by atoms with Gasteiger partial charge in [-0.3, -0.25) is 9.69 Å². The third kappa shape index (κ3) is 1.99. The number of carbonyl (C=O) groups is 2. The Hall–Kier alpha value is -2.60. The lowest BCUT2D eigenvalue weighted by Gasteiger charge is -2.48. The molecular formula is C21H22N2O4. The van der Waals surface area contributed by atoms with E-state index in [2.05, 4.69) is 16.3 Å². The molecule has 0 radical (unpaired) electrons. The average molecular weight is 366 g/mol. The minimum absolute atomic E-state index is 0.0409. The Morgan fingerprint density at radius 2 is 2.22 bits per heavy atom. The molecule has 4 aliphatic rings. The smallest absolute Gasteiger partial charge is 0.337 e. The molecule has 4 atom stereocenters. The summed E-state index contributed by atoms with van der Waals surface area (Å²) in [6, 6.07) is 7.81. The maximum atomic E-state index is 13.3. The predicted octanol–water partition coefficient (Wildman–Crippen LogP) is 2.33. The molecule has 1 spiro atoms. The number of hydrogen-bond acceptors (Lipinski definition) is 5. The molecule has 6 heteroatoms. The van der Waals surface area contributed by atoms with Crippen LogP contribution >= 0.6 is 0 Å². The van der Waals surface area contributed by atoms with Gasteiger partial charge in [0.2, 0.25) is 5.91 Å². The van der Waals surface area contributed by atoms with E-state index in [4.69, 9.17) is 9.47 Å². The maximum Gasteiger partial charge on any atom is 0.337 e. The van der Waals surface area contributed by atoms with Gasteiger partial charge in [0, 0.05) is 24.6 Å². The van der Waals surface area contributed by atoms with Crippen LogP contribution in [0.15, 0.2) is 47.7 Å². The van der Waals surface area contributed by atoms with E-state index >= 15 is 0 Å². The van der Waals surface area contributed by atoms with Gasteiger partial charge in [-0.05, 0) is 30.5 Å². The van der Waals surface area contributed by atoms with Crippen LogP contribution in [-0.4, -0.2) is 42.7 Å². The van der Waals surface area contributed by atoms with Crippen LogP contribution in [0.4, 0.5) is 5.69 Å². The Bertz CT molecular complexity index is 905. The van der Waals surface area contributed by atoms with E-state index in [1.54, 1.807) is 6.26 Å². The normalized spacial score (nSPS) is 35.3. The number of carbonyl (C=O) groups excluding carboxylic acids is 2. The number of piperidine rings is 1. The molecule has 27 heavy (non-hydrogen) atoms. The summed E-state index contributed by atoms with van der Waals surface area (Å²) in [6.45, 7) is 2.77. The van der Waals surface area contributed by atoms with Crippen LogP contribution in [0, 0.1) is 5.92 Å². The summed E-state index contributed by atoms with van der Waals surface area (Å²) in [7, 11) is 1.39. The Kier molecular flexibility index (Phi) is 3.49. The van der Waals surface area contributed by atoms with Gasteiger partial charge in [0.05, 0.1) is 30.4 Å². The van der Waals surface area contributed by atoms with Crippen LogP contribution in [0.2, 0.25) is 0 Å². The first-order valence-corrected chi connectivity index (χ1v) is 9.38. The summed E-state index contributed by atoms with van der Waals surface area (Å²) in [6.07, 6.45) is 4.94. The molecule has 2 saturated heterocycles. The highest BCUT2D eigenvalue weighted by molar-refractivity contribution is 6.07. The first kappa shape index (κ1) is 16.6. The zero-order chi connectivity index (χ0) is 18.8. The number of nitrogens with one attached hydrogen (secondary N) is 1. The van der Waals surface area contributed by atoms with Gasteiger partial charge in [-0.2, -0.15) is 0 Å². The van der Waals surface area contributed by atoms with Crippen LogP contribution < -0.4 is 5.32 Å². The highest BCUT2D eigenvalue weighted by Crippen LogP contribution is 2.56. The van der Waals surface area contributed by atoms with Gasteiger partial charge in [-0.15, -0.1) is 0 Å². The molecule has 1 N–H and O–H groups in total. The molecule has 6 nitrogen and oxygen atoms in total. The lowest BCUT2D eigenvalue weighted by Crippen LogP contribution is -2.57. The van der Waals surface area contributed by atoms with Crippen molar-refractivity contribution >= 4 is 17.6 Å². The van der Waals surface area contributed by atoms with E-state index in [9.17, 15) is 9.59 Å². The van der Waals surface area contributed by atoms with Gasteiger partial charge in [-0.1, -0.05) is 24.3 Å². The highest BCUT2D eigenvalue weighted by atomic mass is 16.5. The van der Waals surface area contributed by atoms with Crippen molar-refractivity contribution in [2.75, 3.05) is 19.0 Å². The van der Waals surface area contributed by atoms with Crippen molar-refractivity contribution in [1.82, 2.24) is 4.90 Å².